The van der Waals surface area contributed by atoms with E-state index in [9.17, 15) is 0 Å². The van der Waals surface area contributed by atoms with Crippen molar-refractivity contribution in [3.63, 3.8) is 0 Å². The van der Waals surface area contributed by atoms with Crippen molar-refractivity contribution >= 4 is 5.69 Å². The number of hydrogen-bond acceptors (Lipinski definition) is 2. The minimum absolute atomic E-state index is 0.308. The van der Waals surface area contributed by atoms with E-state index in [0.717, 1.165) is 11.4 Å². The van der Waals surface area contributed by atoms with Gasteiger partial charge in [-0.2, -0.15) is 0 Å². The fourth-order valence-electron chi connectivity index (χ4n) is 1.72. The third-order valence-electron chi connectivity index (χ3n) is 2.81. The first-order valence-electron chi connectivity index (χ1n) is 4.70. The standard InChI is InChI=1S/C11H15NO/c1-7-8(2)13-11-6-9(12-3)4-5-10(7)11/h4-8,12H,1-3H3. The van der Waals surface area contributed by atoms with Crippen LogP contribution in [0.5, 0.6) is 5.75 Å². The molecular formula is C11H15NO. The SMILES string of the molecule is CNc1ccc2c(c1)OC(C)C2C. The summed E-state index contributed by atoms with van der Waals surface area (Å²) in [5, 5.41) is 3.11. The van der Waals surface area contributed by atoms with Gasteiger partial charge in [0, 0.05) is 30.3 Å². The van der Waals surface area contributed by atoms with Gasteiger partial charge < -0.3 is 10.1 Å². The van der Waals surface area contributed by atoms with Crippen molar-refractivity contribution in [3.8, 4) is 5.75 Å². The highest BCUT2D eigenvalue weighted by molar-refractivity contribution is 5.54. The van der Waals surface area contributed by atoms with E-state index in [4.69, 9.17) is 4.74 Å². The molecule has 0 radical (unpaired) electrons. The molecule has 0 aromatic heterocycles. The van der Waals surface area contributed by atoms with Crippen LogP contribution in [-0.4, -0.2) is 13.2 Å². The van der Waals surface area contributed by atoms with Gasteiger partial charge in [-0.15, -0.1) is 0 Å². The molecule has 0 amide bonds. The second kappa shape index (κ2) is 2.95. The molecule has 0 spiro atoms. The lowest BCUT2D eigenvalue weighted by Crippen LogP contribution is -2.10. The summed E-state index contributed by atoms with van der Waals surface area (Å²) in [4.78, 5) is 0. The maximum absolute atomic E-state index is 5.72. The quantitative estimate of drug-likeness (QED) is 0.712. The van der Waals surface area contributed by atoms with Crippen molar-refractivity contribution < 1.29 is 4.74 Å². The molecule has 2 unspecified atom stereocenters. The highest BCUT2D eigenvalue weighted by Crippen LogP contribution is 2.39. The van der Waals surface area contributed by atoms with Gasteiger partial charge in [0.1, 0.15) is 11.9 Å². The zero-order chi connectivity index (χ0) is 9.42. The molecule has 0 bridgehead atoms. The Morgan fingerprint density at radius 1 is 1.31 bits per heavy atom. The number of hydrogen-bond donors (Lipinski definition) is 1. The topological polar surface area (TPSA) is 21.3 Å². The van der Waals surface area contributed by atoms with Crippen molar-refractivity contribution in [2.45, 2.75) is 25.9 Å². The fourth-order valence-corrected chi connectivity index (χ4v) is 1.72. The Kier molecular flexibility index (Phi) is 1.91. The molecule has 1 aliphatic heterocycles. The van der Waals surface area contributed by atoms with E-state index >= 15 is 0 Å². The lowest BCUT2D eigenvalue weighted by Gasteiger charge is -2.06. The second-order valence-electron chi connectivity index (χ2n) is 3.61. The van der Waals surface area contributed by atoms with Crippen LogP contribution in [0.4, 0.5) is 5.69 Å². The highest BCUT2D eigenvalue weighted by Gasteiger charge is 2.27. The second-order valence-corrected chi connectivity index (χ2v) is 3.61. The summed E-state index contributed by atoms with van der Waals surface area (Å²) < 4.78 is 5.72. The van der Waals surface area contributed by atoms with Crippen LogP contribution in [0.25, 0.3) is 0 Å². The van der Waals surface area contributed by atoms with Gasteiger partial charge in [-0.05, 0) is 13.0 Å². The van der Waals surface area contributed by atoms with E-state index in [0.29, 0.717) is 12.0 Å². The summed E-state index contributed by atoms with van der Waals surface area (Å²) in [5.41, 5.74) is 2.44. The van der Waals surface area contributed by atoms with Gasteiger partial charge in [-0.1, -0.05) is 13.0 Å². The minimum atomic E-state index is 0.308. The molecule has 2 nitrogen and oxygen atoms in total. The third-order valence-corrected chi connectivity index (χ3v) is 2.81. The van der Waals surface area contributed by atoms with Gasteiger partial charge >= 0.3 is 0 Å². The normalized spacial score (nSPS) is 25.2. The lowest BCUT2D eigenvalue weighted by atomic mass is 9.98. The number of rotatable bonds is 1. The molecule has 0 aliphatic carbocycles. The zero-order valence-electron chi connectivity index (χ0n) is 8.29. The fraction of sp³-hybridized carbons (Fsp3) is 0.455. The molecule has 1 aromatic carbocycles. The van der Waals surface area contributed by atoms with E-state index in [1.165, 1.54) is 5.56 Å². The van der Waals surface area contributed by atoms with Crippen LogP contribution in [0.2, 0.25) is 0 Å². The predicted octanol–water partition coefficient (Wildman–Crippen LogP) is 2.61. The average Bonchev–Trinajstić information content (AvgIpc) is 2.42. The van der Waals surface area contributed by atoms with Gasteiger partial charge in [0.05, 0.1) is 0 Å². The first-order chi connectivity index (χ1) is 6.22. The molecule has 1 aromatic rings. The van der Waals surface area contributed by atoms with Gasteiger partial charge in [-0.25, -0.2) is 0 Å². The van der Waals surface area contributed by atoms with Crippen LogP contribution in [-0.2, 0) is 0 Å². The average molecular weight is 177 g/mol. The van der Waals surface area contributed by atoms with E-state index in [2.05, 4.69) is 37.4 Å². The Hall–Kier alpha value is -1.18. The molecule has 0 saturated heterocycles. The summed E-state index contributed by atoms with van der Waals surface area (Å²) in [6, 6.07) is 6.31. The molecule has 0 saturated carbocycles. The first kappa shape index (κ1) is 8.42. The number of fused-ring (bicyclic) bond motifs is 1. The zero-order valence-corrected chi connectivity index (χ0v) is 8.29. The third kappa shape index (κ3) is 1.26. The molecule has 2 rings (SSSR count). The van der Waals surface area contributed by atoms with Crippen LogP contribution in [0.3, 0.4) is 0 Å². The molecular weight excluding hydrogens is 162 g/mol. The lowest BCUT2D eigenvalue weighted by molar-refractivity contribution is 0.232. The minimum Gasteiger partial charge on any atom is -0.490 e. The summed E-state index contributed by atoms with van der Waals surface area (Å²) >= 11 is 0. The Labute approximate surface area is 78.9 Å². The molecule has 70 valence electrons. The van der Waals surface area contributed by atoms with Crippen LogP contribution in [0.1, 0.15) is 25.3 Å². The van der Waals surface area contributed by atoms with E-state index in [-0.39, 0.29) is 0 Å². The molecule has 1 heterocycles. The van der Waals surface area contributed by atoms with Crippen molar-refractivity contribution in [1.29, 1.82) is 0 Å². The van der Waals surface area contributed by atoms with Crippen LogP contribution in [0, 0.1) is 0 Å². The van der Waals surface area contributed by atoms with E-state index in [1.807, 2.05) is 7.05 Å². The van der Waals surface area contributed by atoms with E-state index in [1.54, 1.807) is 0 Å². The van der Waals surface area contributed by atoms with Crippen molar-refractivity contribution in [1.82, 2.24) is 0 Å². The molecule has 1 aliphatic rings. The first-order valence-corrected chi connectivity index (χ1v) is 4.70. The maximum Gasteiger partial charge on any atom is 0.125 e. The molecule has 0 fully saturated rings. The molecule has 1 N–H and O–H groups in total. The highest BCUT2D eigenvalue weighted by atomic mass is 16.5. The maximum atomic E-state index is 5.72. The van der Waals surface area contributed by atoms with E-state index < -0.39 is 0 Å². The Balaban J connectivity index is 2.40. The Morgan fingerprint density at radius 3 is 2.77 bits per heavy atom. The van der Waals surface area contributed by atoms with Gasteiger partial charge in [0.25, 0.3) is 0 Å². The monoisotopic (exact) mass is 177 g/mol. The molecule has 13 heavy (non-hydrogen) atoms. The number of ether oxygens (including phenoxy) is 1. The number of anilines is 1. The summed E-state index contributed by atoms with van der Waals surface area (Å²) in [6.07, 6.45) is 0.308. The van der Waals surface area contributed by atoms with Crippen molar-refractivity contribution in [3.05, 3.63) is 23.8 Å². The number of benzene rings is 1. The van der Waals surface area contributed by atoms with Gasteiger partial charge in [-0.3, -0.25) is 0 Å². The van der Waals surface area contributed by atoms with Crippen molar-refractivity contribution in [2.75, 3.05) is 12.4 Å². The van der Waals surface area contributed by atoms with Gasteiger partial charge in [0.2, 0.25) is 0 Å². The summed E-state index contributed by atoms with van der Waals surface area (Å²) in [6.45, 7) is 4.32. The van der Waals surface area contributed by atoms with Crippen LogP contribution < -0.4 is 10.1 Å². The molecule has 2 atom stereocenters. The largest absolute Gasteiger partial charge is 0.490 e. The van der Waals surface area contributed by atoms with Crippen molar-refractivity contribution in [2.24, 2.45) is 0 Å². The Morgan fingerprint density at radius 2 is 2.08 bits per heavy atom. The van der Waals surface area contributed by atoms with Crippen LogP contribution >= 0.6 is 0 Å². The van der Waals surface area contributed by atoms with Crippen LogP contribution in [0.15, 0.2) is 18.2 Å². The Bertz CT molecular complexity index is 322. The molecule has 2 heteroatoms. The predicted molar refractivity (Wildman–Crippen MR) is 54.5 cm³/mol. The smallest absolute Gasteiger partial charge is 0.125 e. The summed E-state index contributed by atoms with van der Waals surface area (Å²) in [5.74, 6) is 1.55. The van der Waals surface area contributed by atoms with Gasteiger partial charge in [0.15, 0.2) is 0 Å². The summed E-state index contributed by atoms with van der Waals surface area (Å²) in [7, 11) is 1.92. The number of nitrogens with one attached hydrogen (secondary N) is 1.